The summed E-state index contributed by atoms with van der Waals surface area (Å²) >= 11 is 0. The van der Waals surface area contributed by atoms with E-state index in [0.29, 0.717) is 16.5 Å². The van der Waals surface area contributed by atoms with Crippen LogP contribution in [0.25, 0.3) is 11.0 Å². The minimum absolute atomic E-state index is 0.109. The van der Waals surface area contributed by atoms with E-state index in [0.717, 1.165) is 0 Å². The van der Waals surface area contributed by atoms with E-state index in [-0.39, 0.29) is 11.6 Å². The molecule has 1 heterocycles. The Labute approximate surface area is 84.8 Å². The molecular formula is C10H9FN2O2. The van der Waals surface area contributed by atoms with Crippen LogP contribution in [0, 0.1) is 12.7 Å². The molecule has 5 heteroatoms. The molecule has 1 aromatic carbocycles. The smallest absolute Gasteiger partial charge is 0.301 e. The maximum Gasteiger partial charge on any atom is 0.301 e. The predicted octanol–water partition coefficient (Wildman–Crippen LogP) is 1.48. The lowest BCUT2D eigenvalue weighted by Gasteiger charge is -1.94. The van der Waals surface area contributed by atoms with E-state index in [4.69, 9.17) is 10.3 Å². The van der Waals surface area contributed by atoms with Crippen molar-refractivity contribution in [1.82, 2.24) is 5.43 Å². The van der Waals surface area contributed by atoms with Gasteiger partial charge in [-0.3, -0.25) is 10.2 Å². The van der Waals surface area contributed by atoms with Gasteiger partial charge in [0.2, 0.25) is 0 Å². The van der Waals surface area contributed by atoms with Gasteiger partial charge in [0.25, 0.3) is 0 Å². The first kappa shape index (κ1) is 9.67. The number of fused-ring (bicyclic) bond motifs is 1. The average molecular weight is 208 g/mol. The second-order valence-electron chi connectivity index (χ2n) is 3.17. The van der Waals surface area contributed by atoms with Crippen molar-refractivity contribution in [2.24, 2.45) is 5.84 Å². The van der Waals surface area contributed by atoms with Crippen LogP contribution in [0.4, 0.5) is 4.39 Å². The first-order valence-corrected chi connectivity index (χ1v) is 4.33. The summed E-state index contributed by atoms with van der Waals surface area (Å²) in [5.74, 6) is 4.21. The number of hydrazine groups is 1. The Morgan fingerprint density at radius 2 is 2.27 bits per heavy atom. The number of benzene rings is 1. The minimum Gasteiger partial charge on any atom is -0.451 e. The molecule has 0 aliphatic rings. The van der Waals surface area contributed by atoms with Gasteiger partial charge in [0.05, 0.1) is 0 Å². The minimum atomic E-state index is -0.524. The molecular weight excluding hydrogens is 199 g/mol. The number of rotatable bonds is 1. The van der Waals surface area contributed by atoms with Crippen molar-refractivity contribution in [2.45, 2.75) is 6.92 Å². The molecule has 0 radical (unpaired) electrons. The van der Waals surface area contributed by atoms with Crippen LogP contribution in [-0.4, -0.2) is 5.91 Å². The third-order valence-corrected chi connectivity index (χ3v) is 2.24. The summed E-state index contributed by atoms with van der Waals surface area (Å²) in [5, 5.41) is 0.577. The molecule has 0 aliphatic heterocycles. The van der Waals surface area contributed by atoms with Crippen molar-refractivity contribution in [2.75, 3.05) is 0 Å². The van der Waals surface area contributed by atoms with E-state index >= 15 is 0 Å². The number of hydrogen-bond donors (Lipinski definition) is 2. The van der Waals surface area contributed by atoms with Crippen LogP contribution >= 0.6 is 0 Å². The predicted molar refractivity (Wildman–Crippen MR) is 52.6 cm³/mol. The highest BCUT2D eigenvalue weighted by Gasteiger charge is 2.16. The fourth-order valence-corrected chi connectivity index (χ4v) is 1.48. The van der Waals surface area contributed by atoms with Gasteiger partial charge in [0.1, 0.15) is 11.4 Å². The van der Waals surface area contributed by atoms with Gasteiger partial charge in [-0.25, -0.2) is 10.2 Å². The molecule has 1 aromatic heterocycles. The van der Waals surface area contributed by atoms with Crippen LogP contribution in [-0.2, 0) is 0 Å². The van der Waals surface area contributed by atoms with Crippen LogP contribution in [0.2, 0.25) is 0 Å². The molecule has 15 heavy (non-hydrogen) atoms. The topological polar surface area (TPSA) is 68.3 Å². The number of nitrogens with one attached hydrogen (secondary N) is 1. The molecule has 0 saturated carbocycles. The second kappa shape index (κ2) is 3.36. The number of nitrogen functional groups attached to an aromatic ring is 1. The molecule has 78 valence electrons. The summed E-state index contributed by atoms with van der Waals surface area (Å²) in [7, 11) is 0. The molecule has 1 amide bonds. The van der Waals surface area contributed by atoms with Crippen molar-refractivity contribution in [3.63, 3.8) is 0 Å². The van der Waals surface area contributed by atoms with Crippen LogP contribution in [0.5, 0.6) is 0 Å². The van der Waals surface area contributed by atoms with Gasteiger partial charge < -0.3 is 4.42 Å². The summed E-state index contributed by atoms with van der Waals surface area (Å²) in [6.07, 6.45) is 0. The van der Waals surface area contributed by atoms with E-state index in [2.05, 4.69) is 0 Å². The Hall–Kier alpha value is -1.88. The van der Waals surface area contributed by atoms with Gasteiger partial charge in [0, 0.05) is 10.9 Å². The Bertz CT molecular complexity index is 533. The van der Waals surface area contributed by atoms with Gasteiger partial charge in [0.15, 0.2) is 5.76 Å². The number of nitrogens with two attached hydrogens (primary N) is 1. The van der Waals surface area contributed by atoms with Gasteiger partial charge >= 0.3 is 5.91 Å². The Balaban J connectivity index is 2.69. The van der Waals surface area contributed by atoms with Gasteiger partial charge in [-0.05, 0) is 25.1 Å². The Morgan fingerprint density at radius 3 is 2.93 bits per heavy atom. The molecule has 0 spiro atoms. The van der Waals surface area contributed by atoms with Crippen LogP contribution in [0.3, 0.4) is 0 Å². The fourth-order valence-electron chi connectivity index (χ4n) is 1.48. The van der Waals surface area contributed by atoms with E-state index in [1.807, 2.05) is 5.43 Å². The van der Waals surface area contributed by atoms with Crippen LogP contribution < -0.4 is 11.3 Å². The molecule has 4 nitrogen and oxygen atoms in total. The van der Waals surface area contributed by atoms with E-state index < -0.39 is 5.91 Å². The van der Waals surface area contributed by atoms with Gasteiger partial charge in [-0.1, -0.05) is 0 Å². The highest BCUT2D eigenvalue weighted by Crippen LogP contribution is 2.25. The molecule has 3 N–H and O–H groups in total. The normalized spacial score (nSPS) is 10.6. The summed E-state index contributed by atoms with van der Waals surface area (Å²) in [5.41, 5.74) is 3.01. The molecule has 2 rings (SSSR count). The number of halogens is 1. The maximum absolute atomic E-state index is 12.9. The lowest BCUT2D eigenvalue weighted by molar-refractivity contribution is 0.0927. The summed E-state index contributed by atoms with van der Waals surface area (Å²) < 4.78 is 18.2. The quantitative estimate of drug-likeness (QED) is 0.423. The maximum atomic E-state index is 12.9. The summed E-state index contributed by atoms with van der Waals surface area (Å²) in [6.45, 7) is 1.68. The zero-order chi connectivity index (χ0) is 11.0. The number of aryl methyl sites for hydroxylation is 1. The first-order valence-electron chi connectivity index (χ1n) is 4.33. The Morgan fingerprint density at radius 1 is 1.53 bits per heavy atom. The summed E-state index contributed by atoms with van der Waals surface area (Å²) in [6, 6.07) is 4.07. The molecule has 0 saturated heterocycles. The highest BCUT2D eigenvalue weighted by molar-refractivity contribution is 5.98. The molecule has 0 bridgehead atoms. The van der Waals surface area contributed by atoms with E-state index in [1.165, 1.54) is 18.2 Å². The van der Waals surface area contributed by atoms with Crippen LogP contribution in [0.15, 0.2) is 22.6 Å². The number of hydrogen-bond acceptors (Lipinski definition) is 3. The van der Waals surface area contributed by atoms with E-state index in [1.54, 1.807) is 6.92 Å². The van der Waals surface area contributed by atoms with E-state index in [9.17, 15) is 9.18 Å². The van der Waals surface area contributed by atoms with Crippen molar-refractivity contribution in [3.05, 3.63) is 35.3 Å². The molecule has 0 unspecified atom stereocenters. The SMILES string of the molecule is Cc1c(C(=O)NN)oc2ccc(F)cc12. The van der Waals surface area contributed by atoms with Crippen molar-refractivity contribution in [3.8, 4) is 0 Å². The lowest BCUT2D eigenvalue weighted by Crippen LogP contribution is -2.30. The molecule has 0 aliphatic carbocycles. The standard InChI is InChI=1S/C10H9FN2O2/c1-5-7-4-6(11)2-3-8(7)15-9(5)10(14)13-12/h2-4H,12H2,1H3,(H,13,14). The second-order valence-corrected chi connectivity index (χ2v) is 3.17. The molecule has 2 aromatic rings. The zero-order valence-electron chi connectivity index (χ0n) is 8.00. The Kier molecular flexibility index (Phi) is 2.17. The van der Waals surface area contributed by atoms with Gasteiger partial charge in [-0.2, -0.15) is 0 Å². The third-order valence-electron chi connectivity index (χ3n) is 2.24. The highest BCUT2D eigenvalue weighted by atomic mass is 19.1. The zero-order valence-corrected chi connectivity index (χ0v) is 8.00. The largest absolute Gasteiger partial charge is 0.451 e. The third kappa shape index (κ3) is 1.46. The number of furan rings is 1. The van der Waals surface area contributed by atoms with Crippen molar-refractivity contribution in [1.29, 1.82) is 0 Å². The lowest BCUT2D eigenvalue weighted by atomic mass is 10.1. The number of carbonyl (C=O) groups is 1. The fraction of sp³-hybridized carbons (Fsp3) is 0.100. The average Bonchev–Trinajstić information content (AvgIpc) is 2.55. The number of carbonyl (C=O) groups excluding carboxylic acids is 1. The molecule has 0 atom stereocenters. The molecule has 0 fully saturated rings. The van der Waals surface area contributed by atoms with Gasteiger partial charge in [-0.15, -0.1) is 0 Å². The summed E-state index contributed by atoms with van der Waals surface area (Å²) in [4.78, 5) is 11.3. The van der Waals surface area contributed by atoms with Crippen molar-refractivity contribution >= 4 is 16.9 Å². The van der Waals surface area contributed by atoms with Crippen LogP contribution in [0.1, 0.15) is 16.1 Å². The number of amides is 1. The first-order chi connectivity index (χ1) is 7.13. The van der Waals surface area contributed by atoms with Crippen molar-refractivity contribution < 1.29 is 13.6 Å². The monoisotopic (exact) mass is 208 g/mol.